The van der Waals surface area contributed by atoms with Crippen LogP contribution in [0.25, 0.3) is 11.3 Å². The van der Waals surface area contributed by atoms with Gasteiger partial charge in [0.25, 0.3) is 0 Å². The molecule has 0 radical (unpaired) electrons. The molecule has 1 aliphatic rings. The second-order valence-corrected chi connectivity index (χ2v) is 10.5. The summed E-state index contributed by atoms with van der Waals surface area (Å²) in [5.41, 5.74) is 1.01. The summed E-state index contributed by atoms with van der Waals surface area (Å²) in [7, 11) is -2.49. The van der Waals surface area contributed by atoms with E-state index in [4.69, 9.17) is 4.74 Å². The van der Waals surface area contributed by atoms with Gasteiger partial charge in [-0.3, -0.25) is 4.79 Å². The molecule has 0 atom stereocenters. The highest BCUT2D eigenvalue weighted by molar-refractivity contribution is 7.93. The number of rotatable bonds is 6. The van der Waals surface area contributed by atoms with Gasteiger partial charge in [0, 0.05) is 10.9 Å². The highest BCUT2D eigenvalue weighted by Gasteiger charge is 2.53. The van der Waals surface area contributed by atoms with Gasteiger partial charge in [0.05, 0.1) is 17.7 Å². The number of nitrogens with one attached hydrogen (secondary N) is 1. The van der Waals surface area contributed by atoms with Crippen molar-refractivity contribution in [1.82, 2.24) is 4.98 Å². The summed E-state index contributed by atoms with van der Waals surface area (Å²) in [4.78, 5) is 17.7. The Hall–Kier alpha value is -2.78. The quantitative estimate of drug-likeness (QED) is 0.577. The van der Waals surface area contributed by atoms with E-state index in [0.29, 0.717) is 24.1 Å². The summed E-state index contributed by atoms with van der Waals surface area (Å²) in [6.07, 6.45) is 1.84. The van der Waals surface area contributed by atoms with Gasteiger partial charge in [-0.05, 0) is 43.2 Å². The highest BCUT2D eigenvalue weighted by Crippen LogP contribution is 2.41. The molecule has 1 aliphatic carbocycles. The lowest BCUT2D eigenvalue weighted by molar-refractivity contribution is -0.118. The van der Waals surface area contributed by atoms with Gasteiger partial charge in [-0.2, -0.15) is 0 Å². The number of halogens is 1. The van der Waals surface area contributed by atoms with Crippen molar-refractivity contribution in [2.45, 2.75) is 35.3 Å². The first-order valence-corrected chi connectivity index (χ1v) is 12.1. The standard InChI is InChI=1S/C22H21FN2O4S2/c1-29-19-10-9-15(13-17(19)23)18-14-30-21(24-18)25-20(26)22(11-5-6-12-22)31(27,28)16-7-3-2-4-8-16/h2-4,7-10,13-14H,5-6,11-12H2,1H3,(H,24,25,26). The topological polar surface area (TPSA) is 85.4 Å². The van der Waals surface area contributed by atoms with Gasteiger partial charge in [0.2, 0.25) is 5.91 Å². The summed E-state index contributed by atoms with van der Waals surface area (Å²) < 4.78 is 44.2. The zero-order valence-corrected chi connectivity index (χ0v) is 18.4. The molecular weight excluding hydrogens is 439 g/mol. The van der Waals surface area contributed by atoms with E-state index in [-0.39, 0.29) is 28.6 Å². The maximum absolute atomic E-state index is 14.0. The van der Waals surface area contributed by atoms with Crippen LogP contribution in [0.3, 0.4) is 0 Å². The van der Waals surface area contributed by atoms with Gasteiger partial charge in [0.15, 0.2) is 31.3 Å². The maximum Gasteiger partial charge on any atom is 0.248 e. The molecule has 0 spiro atoms. The third kappa shape index (κ3) is 3.83. The fourth-order valence-electron chi connectivity index (χ4n) is 3.89. The number of hydrogen-bond donors (Lipinski definition) is 1. The smallest absolute Gasteiger partial charge is 0.248 e. The van der Waals surface area contributed by atoms with Crippen molar-refractivity contribution in [1.29, 1.82) is 0 Å². The molecule has 1 saturated carbocycles. The number of thiazole rings is 1. The van der Waals surface area contributed by atoms with E-state index in [1.807, 2.05) is 0 Å². The van der Waals surface area contributed by atoms with Crippen LogP contribution in [-0.4, -0.2) is 31.2 Å². The number of amides is 1. The van der Waals surface area contributed by atoms with Crippen LogP contribution in [-0.2, 0) is 14.6 Å². The van der Waals surface area contributed by atoms with Crippen LogP contribution in [0.15, 0.2) is 58.8 Å². The molecular formula is C22H21FN2O4S2. The number of carbonyl (C=O) groups is 1. The Morgan fingerprint density at radius 3 is 2.52 bits per heavy atom. The van der Waals surface area contributed by atoms with Crippen LogP contribution in [0, 0.1) is 5.82 Å². The average molecular weight is 461 g/mol. The van der Waals surface area contributed by atoms with E-state index in [9.17, 15) is 17.6 Å². The Morgan fingerprint density at radius 2 is 1.87 bits per heavy atom. The zero-order valence-electron chi connectivity index (χ0n) is 16.8. The molecule has 1 heterocycles. The fourth-order valence-corrected chi connectivity index (χ4v) is 6.69. The third-order valence-electron chi connectivity index (χ3n) is 5.57. The Labute approximate surface area is 184 Å². The third-order valence-corrected chi connectivity index (χ3v) is 8.84. The SMILES string of the molecule is COc1ccc(-c2csc(NC(=O)C3(S(=O)(=O)c4ccccc4)CCCC3)n2)cc1F. The monoisotopic (exact) mass is 460 g/mol. The Bertz CT molecular complexity index is 1200. The van der Waals surface area contributed by atoms with Crippen molar-refractivity contribution in [3.8, 4) is 17.0 Å². The zero-order chi connectivity index (χ0) is 22.1. The van der Waals surface area contributed by atoms with Gasteiger partial charge >= 0.3 is 0 Å². The highest BCUT2D eigenvalue weighted by atomic mass is 32.2. The van der Waals surface area contributed by atoms with E-state index in [1.165, 1.54) is 31.4 Å². The minimum atomic E-state index is -3.88. The van der Waals surface area contributed by atoms with E-state index in [0.717, 1.165) is 11.3 Å². The van der Waals surface area contributed by atoms with Crippen LogP contribution >= 0.6 is 11.3 Å². The first kappa shape index (κ1) is 21.5. The summed E-state index contributed by atoms with van der Waals surface area (Å²) in [6, 6.07) is 12.5. The molecule has 1 fully saturated rings. The van der Waals surface area contributed by atoms with E-state index >= 15 is 0 Å². The first-order chi connectivity index (χ1) is 14.9. The minimum absolute atomic E-state index is 0.127. The molecule has 0 aliphatic heterocycles. The van der Waals surface area contributed by atoms with Crippen molar-refractivity contribution >= 4 is 32.2 Å². The van der Waals surface area contributed by atoms with Crippen molar-refractivity contribution < 1.29 is 22.3 Å². The minimum Gasteiger partial charge on any atom is -0.494 e. The second-order valence-electron chi connectivity index (χ2n) is 7.36. The van der Waals surface area contributed by atoms with Crippen molar-refractivity contribution in [2.75, 3.05) is 12.4 Å². The molecule has 0 saturated heterocycles. The van der Waals surface area contributed by atoms with E-state index in [1.54, 1.807) is 29.6 Å². The van der Waals surface area contributed by atoms with Crippen molar-refractivity contribution in [3.05, 3.63) is 59.7 Å². The van der Waals surface area contributed by atoms with Gasteiger partial charge in [0.1, 0.15) is 0 Å². The summed E-state index contributed by atoms with van der Waals surface area (Å²) in [5, 5.41) is 4.65. The van der Waals surface area contributed by atoms with Crippen LogP contribution in [0.4, 0.5) is 9.52 Å². The van der Waals surface area contributed by atoms with Crippen LogP contribution in [0.5, 0.6) is 5.75 Å². The molecule has 4 rings (SSSR count). The number of methoxy groups -OCH3 is 1. The molecule has 1 amide bonds. The van der Waals surface area contributed by atoms with Crippen LogP contribution in [0.2, 0.25) is 0 Å². The number of carbonyl (C=O) groups excluding carboxylic acids is 1. The number of benzene rings is 2. The maximum atomic E-state index is 14.0. The molecule has 31 heavy (non-hydrogen) atoms. The van der Waals surface area contributed by atoms with Gasteiger partial charge in [-0.25, -0.2) is 17.8 Å². The molecule has 3 aromatic rings. The average Bonchev–Trinajstić information content (AvgIpc) is 3.45. The number of sulfone groups is 1. The number of anilines is 1. The summed E-state index contributed by atoms with van der Waals surface area (Å²) in [5.74, 6) is -0.963. The Morgan fingerprint density at radius 1 is 1.16 bits per heavy atom. The predicted octanol–water partition coefficient (Wildman–Crippen LogP) is 4.68. The number of ether oxygens (including phenoxy) is 1. The lowest BCUT2D eigenvalue weighted by atomic mass is 10.1. The summed E-state index contributed by atoms with van der Waals surface area (Å²) in [6.45, 7) is 0. The Balaban J connectivity index is 1.61. The van der Waals surface area contributed by atoms with Crippen LogP contribution in [0.1, 0.15) is 25.7 Å². The van der Waals surface area contributed by atoms with Crippen molar-refractivity contribution in [2.24, 2.45) is 0 Å². The summed E-state index contributed by atoms with van der Waals surface area (Å²) >= 11 is 1.16. The first-order valence-electron chi connectivity index (χ1n) is 9.78. The fraction of sp³-hybridized carbons (Fsp3) is 0.273. The van der Waals surface area contributed by atoms with Gasteiger partial charge < -0.3 is 10.1 Å². The molecule has 0 bridgehead atoms. The molecule has 2 aromatic carbocycles. The molecule has 0 unspecified atom stereocenters. The Kier molecular flexibility index (Phi) is 5.81. The largest absolute Gasteiger partial charge is 0.494 e. The second kappa shape index (κ2) is 8.39. The lowest BCUT2D eigenvalue weighted by Crippen LogP contribution is -2.47. The molecule has 1 N–H and O–H groups in total. The van der Waals surface area contributed by atoms with Gasteiger partial charge in [-0.15, -0.1) is 11.3 Å². The molecule has 6 nitrogen and oxygen atoms in total. The number of aromatic nitrogens is 1. The van der Waals surface area contributed by atoms with Crippen LogP contribution < -0.4 is 10.1 Å². The van der Waals surface area contributed by atoms with E-state index < -0.39 is 26.3 Å². The lowest BCUT2D eigenvalue weighted by Gasteiger charge is -2.27. The van der Waals surface area contributed by atoms with E-state index in [2.05, 4.69) is 10.3 Å². The van der Waals surface area contributed by atoms with Gasteiger partial charge in [-0.1, -0.05) is 31.0 Å². The number of hydrogen-bond acceptors (Lipinski definition) is 6. The normalized spacial score (nSPS) is 15.5. The van der Waals surface area contributed by atoms with Crippen molar-refractivity contribution in [3.63, 3.8) is 0 Å². The number of nitrogens with zero attached hydrogens (tertiary/aromatic N) is 1. The molecule has 162 valence electrons. The molecule has 1 aromatic heterocycles. The predicted molar refractivity (Wildman–Crippen MR) is 118 cm³/mol. The molecule has 9 heteroatoms.